The number of halogens is 1. The topological polar surface area (TPSA) is 137 Å². The van der Waals surface area contributed by atoms with Crippen molar-refractivity contribution in [1.82, 2.24) is 0 Å². The molecule has 5 atom stereocenters. The fraction of sp³-hybridized carbons (Fsp3) is 0.316. The zero-order valence-electron chi connectivity index (χ0n) is 14.5. The number of benzene rings is 2. The molecular weight excluding hydrogens is 375 g/mol. The van der Waals surface area contributed by atoms with E-state index < -0.39 is 49.1 Å². The molecule has 9 heteroatoms. The summed E-state index contributed by atoms with van der Waals surface area (Å²) in [6.45, 7) is -0.633. The van der Waals surface area contributed by atoms with E-state index in [0.717, 1.165) is 6.07 Å². The van der Waals surface area contributed by atoms with Crippen molar-refractivity contribution < 1.29 is 44.2 Å². The predicted octanol–water partition coefficient (Wildman–Crippen LogP) is 0.370. The first-order valence-corrected chi connectivity index (χ1v) is 8.42. The summed E-state index contributed by atoms with van der Waals surface area (Å²) in [7, 11) is 0. The Hall–Kier alpha value is -2.56. The molecule has 0 bridgehead atoms. The fourth-order valence-corrected chi connectivity index (χ4v) is 2.90. The standard InChI is InChI=1S/C19H19FO8/c20-12-7-10(9-2-1-3-11(6-9)18(25)26)4-5-13(12)27-19-17(24)16(23)15(22)14(8-21)28-19/h1-7,14-17,19,21-24H,8H2,(H,25,26). The number of hydrogen-bond donors (Lipinski definition) is 5. The molecule has 0 aromatic heterocycles. The second-order valence-electron chi connectivity index (χ2n) is 6.35. The molecular formula is C19H19FO8. The first-order chi connectivity index (χ1) is 13.3. The minimum absolute atomic E-state index is 0.0551. The minimum Gasteiger partial charge on any atom is -0.478 e. The van der Waals surface area contributed by atoms with E-state index in [0.29, 0.717) is 11.1 Å². The highest BCUT2D eigenvalue weighted by molar-refractivity contribution is 5.89. The maximum absolute atomic E-state index is 14.5. The Morgan fingerprint density at radius 1 is 1.04 bits per heavy atom. The van der Waals surface area contributed by atoms with Gasteiger partial charge in [-0.1, -0.05) is 18.2 Å². The molecule has 3 rings (SSSR count). The number of hydrogen-bond acceptors (Lipinski definition) is 7. The average molecular weight is 394 g/mol. The highest BCUT2D eigenvalue weighted by atomic mass is 19.1. The van der Waals surface area contributed by atoms with Crippen molar-refractivity contribution in [2.45, 2.75) is 30.7 Å². The van der Waals surface area contributed by atoms with Crippen LogP contribution in [0.25, 0.3) is 11.1 Å². The third kappa shape index (κ3) is 3.98. The van der Waals surface area contributed by atoms with Crippen LogP contribution in [-0.4, -0.2) is 68.8 Å². The Balaban J connectivity index is 1.81. The zero-order chi connectivity index (χ0) is 20.4. The van der Waals surface area contributed by atoms with Crippen molar-refractivity contribution >= 4 is 5.97 Å². The van der Waals surface area contributed by atoms with Gasteiger partial charge in [0.25, 0.3) is 0 Å². The maximum Gasteiger partial charge on any atom is 0.335 e. The molecule has 1 heterocycles. The van der Waals surface area contributed by atoms with Crippen molar-refractivity contribution in [3.05, 3.63) is 53.8 Å². The van der Waals surface area contributed by atoms with Crippen molar-refractivity contribution in [3.63, 3.8) is 0 Å². The van der Waals surface area contributed by atoms with Crippen LogP contribution in [0.5, 0.6) is 5.75 Å². The largest absolute Gasteiger partial charge is 0.478 e. The number of carboxylic acids is 1. The van der Waals surface area contributed by atoms with Crippen LogP contribution in [0.3, 0.4) is 0 Å². The van der Waals surface area contributed by atoms with Gasteiger partial charge in [-0.3, -0.25) is 0 Å². The van der Waals surface area contributed by atoms with Gasteiger partial charge in [-0.05, 0) is 35.4 Å². The Morgan fingerprint density at radius 2 is 1.75 bits per heavy atom. The van der Waals surface area contributed by atoms with Crippen LogP contribution in [0.15, 0.2) is 42.5 Å². The Labute approximate surface area is 159 Å². The molecule has 0 spiro atoms. The zero-order valence-corrected chi connectivity index (χ0v) is 14.5. The highest BCUT2D eigenvalue weighted by Crippen LogP contribution is 2.29. The van der Waals surface area contributed by atoms with Gasteiger partial charge < -0.3 is 35.0 Å². The molecule has 150 valence electrons. The molecule has 2 aromatic rings. The van der Waals surface area contributed by atoms with Gasteiger partial charge in [0.2, 0.25) is 6.29 Å². The van der Waals surface area contributed by atoms with E-state index in [9.17, 15) is 29.6 Å². The quantitative estimate of drug-likeness (QED) is 0.491. The molecule has 0 saturated carbocycles. The van der Waals surface area contributed by atoms with Crippen LogP contribution in [0.1, 0.15) is 10.4 Å². The lowest BCUT2D eigenvalue weighted by Gasteiger charge is -2.39. The number of aromatic carboxylic acids is 1. The molecule has 0 radical (unpaired) electrons. The van der Waals surface area contributed by atoms with Gasteiger partial charge >= 0.3 is 5.97 Å². The summed E-state index contributed by atoms with van der Waals surface area (Å²) >= 11 is 0. The molecule has 28 heavy (non-hydrogen) atoms. The lowest BCUT2D eigenvalue weighted by Crippen LogP contribution is -2.60. The van der Waals surface area contributed by atoms with Crippen molar-refractivity contribution in [2.24, 2.45) is 0 Å². The molecule has 5 unspecified atom stereocenters. The van der Waals surface area contributed by atoms with E-state index in [-0.39, 0.29) is 11.3 Å². The molecule has 1 saturated heterocycles. The first kappa shape index (κ1) is 20.2. The monoisotopic (exact) mass is 394 g/mol. The summed E-state index contributed by atoms with van der Waals surface area (Å²) in [6.07, 6.45) is -7.54. The van der Waals surface area contributed by atoms with Crippen molar-refractivity contribution in [2.75, 3.05) is 6.61 Å². The smallest absolute Gasteiger partial charge is 0.335 e. The second-order valence-corrected chi connectivity index (χ2v) is 6.35. The lowest BCUT2D eigenvalue weighted by atomic mass is 9.99. The Kier molecular flexibility index (Phi) is 5.92. The SMILES string of the molecule is O=C(O)c1cccc(-c2ccc(OC3OC(CO)C(O)C(O)C3O)c(F)c2)c1. The molecule has 1 fully saturated rings. The van der Waals surface area contributed by atoms with Crippen LogP contribution >= 0.6 is 0 Å². The number of carboxylic acid groups (broad SMARTS) is 1. The van der Waals surface area contributed by atoms with Crippen LogP contribution in [0, 0.1) is 5.82 Å². The highest BCUT2D eigenvalue weighted by Gasteiger charge is 2.44. The van der Waals surface area contributed by atoms with E-state index in [4.69, 9.17) is 14.6 Å². The number of ether oxygens (including phenoxy) is 2. The van der Waals surface area contributed by atoms with E-state index in [2.05, 4.69) is 0 Å². The summed E-state index contributed by atoms with van der Waals surface area (Å²) < 4.78 is 25.0. The van der Waals surface area contributed by atoms with E-state index >= 15 is 0 Å². The summed E-state index contributed by atoms with van der Waals surface area (Å²) in [6, 6.07) is 9.85. The number of rotatable bonds is 5. The van der Waals surface area contributed by atoms with Gasteiger partial charge in [0, 0.05) is 0 Å². The maximum atomic E-state index is 14.5. The van der Waals surface area contributed by atoms with Gasteiger partial charge in [-0.15, -0.1) is 0 Å². The third-order valence-electron chi connectivity index (χ3n) is 4.47. The van der Waals surface area contributed by atoms with Crippen LogP contribution < -0.4 is 4.74 Å². The average Bonchev–Trinajstić information content (AvgIpc) is 2.69. The third-order valence-corrected chi connectivity index (χ3v) is 4.47. The minimum atomic E-state index is -1.66. The molecule has 5 N–H and O–H groups in total. The Bertz CT molecular complexity index is 856. The molecule has 0 aliphatic carbocycles. The summed E-state index contributed by atoms with van der Waals surface area (Å²) in [5, 5.41) is 47.7. The van der Waals surface area contributed by atoms with Crippen LogP contribution in [0.4, 0.5) is 4.39 Å². The number of aliphatic hydroxyl groups excluding tert-OH is 4. The summed E-state index contributed by atoms with van der Waals surface area (Å²) in [5.74, 6) is -2.21. The Morgan fingerprint density at radius 3 is 2.39 bits per heavy atom. The van der Waals surface area contributed by atoms with E-state index in [1.807, 2.05) is 0 Å². The second kappa shape index (κ2) is 8.21. The van der Waals surface area contributed by atoms with Crippen molar-refractivity contribution in [3.8, 4) is 16.9 Å². The summed E-state index contributed by atoms with van der Waals surface area (Å²) in [5.41, 5.74) is 0.944. The van der Waals surface area contributed by atoms with E-state index in [1.54, 1.807) is 6.07 Å². The van der Waals surface area contributed by atoms with Gasteiger partial charge in [-0.25, -0.2) is 9.18 Å². The molecule has 1 aliphatic rings. The lowest BCUT2D eigenvalue weighted by molar-refractivity contribution is -0.277. The van der Waals surface area contributed by atoms with Gasteiger partial charge in [0.15, 0.2) is 11.6 Å². The first-order valence-electron chi connectivity index (χ1n) is 8.42. The van der Waals surface area contributed by atoms with Gasteiger partial charge in [-0.2, -0.15) is 0 Å². The van der Waals surface area contributed by atoms with Gasteiger partial charge in [0.1, 0.15) is 24.4 Å². The fourth-order valence-electron chi connectivity index (χ4n) is 2.90. The predicted molar refractivity (Wildman–Crippen MR) is 93.2 cm³/mol. The molecule has 8 nitrogen and oxygen atoms in total. The normalized spacial score (nSPS) is 27.4. The van der Waals surface area contributed by atoms with Crippen LogP contribution in [-0.2, 0) is 4.74 Å². The summed E-state index contributed by atoms with van der Waals surface area (Å²) in [4.78, 5) is 11.1. The molecule has 2 aromatic carbocycles. The van der Waals surface area contributed by atoms with Crippen LogP contribution in [0.2, 0.25) is 0 Å². The molecule has 0 amide bonds. The van der Waals surface area contributed by atoms with E-state index in [1.165, 1.54) is 30.3 Å². The van der Waals surface area contributed by atoms with Crippen molar-refractivity contribution in [1.29, 1.82) is 0 Å². The number of carbonyl (C=O) groups is 1. The van der Waals surface area contributed by atoms with Gasteiger partial charge in [0.05, 0.1) is 12.2 Å². The number of aliphatic hydroxyl groups is 4. The molecule has 1 aliphatic heterocycles.